The number of carbonyl (C=O) groups excluding carboxylic acids is 2. The molecule has 0 aromatic heterocycles. The Morgan fingerprint density at radius 3 is 1.53 bits per heavy atom. The number of rotatable bonds is 18. The zero-order chi connectivity index (χ0) is 40.5. The van der Waals surface area contributed by atoms with Crippen LogP contribution in [0.5, 0.6) is 0 Å². The van der Waals surface area contributed by atoms with Gasteiger partial charge in [-0.05, 0) is 110 Å². The van der Waals surface area contributed by atoms with Gasteiger partial charge in [0, 0.05) is 27.2 Å². The van der Waals surface area contributed by atoms with Crippen molar-refractivity contribution < 1.29 is 43.1 Å². The van der Waals surface area contributed by atoms with Gasteiger partial charge in [0.25, 0.3) is 6.92 Å². The smallest absolute Gasteiger partial charge is 0.311 e. The van der Waals surface area contributed by atoms with Crippen molar-refractivity contribution in [3.05, 3.63) is 118 Å². The van der Waals surface area contributed by atoms with E-state index >= 15 is 0 Å². The summed E-state index contributed by atoms with van der Waals surface area (Å²) < 4.78 is 38.0. The van der Waals surface area contributed by atoms with Crippen molar-refractivity contribution in [1.29, 1.82) is 0 Å². The van der Waals surface area contributed by atoms with Crippen molar-refractivity contribution in [2.45, 2.75) is 58.7 Å². The fraction of sp³-hybridized carbons (Fsp3) is 0.381. The third-order valence-corrected chi connectivity index (χ3v) is 9.44. The van der Waals surface area contributed by atoms with E-state index in [0.717, 1.165) is 22.3 Å². The highest BCUT2D eigenvalue weighted by atomic mass is 35.5. The molecule has 4 atom stereocenters. The second-order valence-corrected chi connectivity index (χ2v) is 14.4. The molecule has 13 heteroatoms. The standard InChI is InChI=1S/C22H27BClFO4.C20H23ClFNO3/c1-3-29-22(27)18(14-26)11-16(13-23(2)28)10-15-4-6-17(7-5-15)20-12-19(24)8-9-21(20)25;1-2-26-20(25)15(12-24)10-17(23)9-13-3-5-14(6-4-13)18-11-16(21)7-8-19(18)22/h4-9,12,16,18,26,28H,3,10-11,13-14H2,1-2H3;3-8,11,15,17,24H,2,9-10,12,23H2,1H3/t16-,18+;15-,17+/m10/s1. The minimum atomic E-state index is -0.621. The maximum atomic E-state index is 14.1. The molecule has 296 valence electrons. The highest BCUT2D eigenvalue weighted by molar-refractivity contribution is 6.48. The van der Waals surface area contributed by atoms with Crippen molar-refractivity contribution in [2.75, 3.05) is 26.4 Å². The van der Waals surface area contributed by atoms with E-state index in [-0.39, 0.29) is 50.0 Å². The van der Waals surface area contributed by atoms with Gasteiger partial charge in [-0.3, -0.25) is 9.59 Å². The van der Waals surface area contributed by atoms with Crippen molar-refractivity contribution in [2.24, 2.45) is 23.5 Å². The Morgan fingerprint density at radius 2 is 1.13 bits per heavy atom. The number of esters is 2. The number of halogens is 4. The summed E-state index contributed by atoms with van der Waals surface area (Å²) in [4.78, 5) is 23.8. The van der Waals surface area contributed by atoms with Gasteiger partial charge in [0.1, 0.15) is 11.6 Å². The summed E-state index contributed by atoms with van der Waals surface area (Å²) in [5.74, 6) is -2.77. The SMILES string of the molecule is CCOC(=O)[C@H](CO)C[C@H](CB(C)O)Cc1ccc(-c2cc(Cl)ccc2F)cc1.CCOC(=O)[C@H](CO)C[C@H](N)Cc1ccc(-c2cc(Cl)ccc2F)cc1. The van der Waals surface area contributed by atoms with E-state index in [4.69, 9.17) is 38.4 Å². The lowest BCUT2D eigenvalue weighted by Gasteiger charge is -2.22. The molecule has 4 rings (SSSR count). The summed E-state index contributed by atoms with van der Waals surface area (Å²) in [6.07, 6.45) is 2.42. The Hall–Kier alpha value is -3.84. The van der Waals surface area contributed by atoms with Gasteiger partial charge in [0.2, 0.25) is 0 Å². The van der Waals surface area contributed by atoms with E-state index < -0.39 is 30.7 Å². The van der Waals surface area contributed by atoms with Crippen LogP contribution in [0.4, 0.5) is 8.78 Å². The zero-order valence-corrected chi connectivity index (χ0v) is 32.9. The average molecular weight is 801 g/mol. The molecule has 0 heterocycles. The largest absolute Gasteiger partial charge is 0.466 e. The minimum Gasteiger partial charge on any atom is -0.466 e. The van der Waals surface area contributed by atoms with E-state index in [0.29, 0.717) is 53.2 Å². The minimum absolute atomic E-state index is 0.00897. The molecular weight excluding hydrogens is 750 g/mol. The first-order valence-corrected chi connectivity index (χ1v) is 19.1. The van der Waals surface area contributed by atoms with E-state index in [2.05, 4.69) is 0 Å². The number of benzene rings is 4. The summed E-state index contributed by atoms with van der Waals surface area (Å²) in [5.41, 5.74) is 10.4. The van der Waals surface area contributed by atoms with Crippen LogP contribution in [0.3, 0.4) is 0 Å². The molecule has 4 aromatic rings. The van der Waals surface area contributed by atoms with Crippen LogP contribution in [0, 0.1) is 29.4 Å². The average Bonchev–Trinajstić information content (AvgIpc) is 3.15. The second-order valence-electron chi connectivity index (χ2n) is 13.5. The Balaban J connectivity index is 0.000000297. The zero-order valence-electron chi connectivity index (χ0n) is 31.4. The van der Waals surface area contributed by atoms with Gasteiger partial charge >= 0.3 is 11.9 Å². The number of aliphatic hydroxyl groups excluding tert-OH is 2. The van der Waals surface area contributed by atoms with Crippen molar-refractivity contribution >= 4 is 42.1 Å². The second kappa shape index (κ2) is 23.3. The maximum Gasteiger partial charge on any atom is 0.311 e. The van der Waals surface area contributed by atoms with Crippen LogP contribution in [0.2, 0.25) is 23.2 Å². The molecule has 0 saturated heterocycles. The van der Waals surface area contributed by atoms with E-state index in [1.54, 1.807) is 32.8 Å². The quantitative estimate of drug-likeness (QED) is 0.0586. The van der Waals surface area contributed by atoms with Crippen molar-refractivity contribution in [3.63, 3.8) is 0 Å². The van der Waals surface area contributed by atoms with Gasteiger partial charge in [-0.25, -0.2) is 8.78 Å². The van der Waals surface area contributed by atoms with Crippen LogP contribution >= 0.6 is 23.2 Å². The Bertz CT molecular complexity index is 1800. The molecule has 8 nitrogen and oxygen atoms in total. The molecule has 0 saturated carbocycles. The Kier molecular flexibility index (Phi) is 19.3. The molecule has 0 aliphatic rings. The lowest BCUT2D eigenvalue weighted by molar-refractivity contribution is -0.150. The summed E-state index contributed by atoms with van der Waals surface area (Å²) in [6, 6.07) is 23.4. The van der Waals surface area contributed by atoms with Gasteiger partial charge in [0.15, 0.2) is 0 Å². The normalized spacial score (nSPS) is 13.1. The molecule has 4 aromatic carbocycles. The molecular formula is C42H50BCl2F2NO7. The molecule has 0 bridgehead atoms. The summed E-state index contributed by atoms with van der Waals surface area (Å²) in [6.45, 7) is 4.57. The number of hydrogen-bond donors (Lipinski definition) is 4. The molecule has 0 amide bonds. The number of carbonyl (C=O) groups is 2. The van der Waals surface area contributed by atoms with Gasteiger partial charge in [-0.15, -0.1) is 0 Å². The molecule has 0 fully saturated rings. The predicted molar refractivity (Wildman–Crippen MR) is 215 cm³/mol. The third-order valence-electron chi connectivity index (χ3n) is 8.97. The molecule has 0 unspecified atom stereocenters. The van der Waals surface area contributed by atoms with Gasteiger partial charge < -0.3 is 30.4 Å². The summed E-state index contributed by atoms with van der Waals surface area (Å²) in [7, 11) is 0. The molecule has 55 heavy (non-hydrogen) atoms. The Morgan fingerprint density at radius 1 is 0.709 bits per heavy atom. The fourth-order valence-corrected chi connectivity index (χ4v) is 6.67. The Labute approximate surface area is 332 Å². The van der Waals surface area contributed by atoms with Crippen LogP contribution < -0.4 is 5.73 Å². The van der Waals surface area contributed by atoms with Gasteiger partial charge in [-0.2, -0.15) is 0 Å². The topological polar surface area (TPSA) is 139 Å². The summed E-state index contributed by atoms with van der Waals surface area (Å²) >= 11 is 11.9. The first kappa shape index (κ1) is 45.6. The first-order chi connectivity index (χ1) is 26.3. The number of ether oxygens (including phenoxy) is 2. The molecule has 0 spiro atoms. The van der Waals surface area contributed by atoms with Crippen LogP contribution in [0.15, 0.2) is 84.9 Å². The molecule has 0 aliphatic heterocycles. The molecule has 0 aliphatic carbocycles. The van der Waals surface area contributed by atoms with Crippen LogP contribution in [0.25, 0.3) is 22.3 Å². The van der Waals surface area contributed by atoms with Crippen LogP contribution in [0.1, 0.15) is 37.8 Å². The number of nitrogens with two attached hydrogens (primary N) is 1. The lowest BCUT2D eigenvalue weighted by Crippen LogP contribution is -2.32. The van der Waals surface area contributed by atoms with Crippen LogP contribution in [-0.2, 0) is 31.9 Å². The third kappa shape index (κ3) is 15.0. The maximum absolute atomic E-state index is 14.1. The van der Waals surface area contributed by atoms with Crippen molar-refractivity contribution in [3.8, 4) is 22.3 Å². The fourth-order valence-electron chi connectivity index (χ4n) is 6.32. The molecule has 5 N–H and O–H groups in total. The predicted octanol–water partition coefficient (Wildman–Crippen LogP) is 8.06. The monoisotopic (exact) mass is 799 g/mol. The van der Waals surface area contributed by atoms with Crippen molar-refractivity contribution in [1.82, 2.24) is 0 Å². The highest BCUT2D eigenvalue weighted by Crippen LogP contribution is 2.29. The van der Waals surface area contributed by atoms with Crippen LogP contribution in [-0.4, -0.2) is 66.6 Å². The lowest BCUT2D eigenvalue weighted by atomic mass is 9.62. The van der Waals surface area contributed by atoms with E-state index in [9.17, 15) is 33.6 Å². The van der Waals surface area contributed by atoms with Gasteiger partial charge in [0.05, 0.1) is 38.3 Å². The molecule has 0 radical (unpaired) electrons. The highest BCUT2D eigenvalue weighted by Gasteiger charge is 2.26. The summed E-state index contributed by atoms with van der Waals surface area (Å²) in [5, 5.41) is 29.7. The number of hydrogen-bond acceptors (Lipinski definition) is 8. The van der Waals surface area contributed by atoms with Gasteiger partial charge in [-0.1, -0.05) is 78.6 Å². The first-order valence-electron chi connectivity index (χ1n) is 18.4. The van der Waals surface area contributed by atoms with E-state index in [1.165, 1.54) is 24.3 Å². The van der Waals surface area contributed by atoms with E-state index in [1.807, 2.05) is 48.5 Å². The number of aliphatic hydroxyl groups is 2.